The summed E-state index contributed by atoms with van der Waals surface area (Å²) in [6.45, 7) is 5.05. The van der Waals surface area contributed by atoms with E-state index in [2.05, 4.69) is 5.32 Å². The van der Waals surface area contributed by atoms with Crippen LogP contribution in [-0.4, -0.2) is 50.5 Å². The largest absolute Gasteiger partial charge is 0.354 e. The molecule has 2 aromatic carbocycles. The normalized spacial score (nSPS) is 12.3. The molecule has 2 amide bonds. The number of anilines is 1. The van der Waals surface area contributed by atoms with Crippen molar-refractivity contribution in [2.45, 2.75) is 39.8 Å². The van der Waals surface area contributed by atoms with Crippen LogP contribution in [0.1, 0.15) is 32.8 Å². The molecular weight excluding hydrogens is 483 g/mol. The van der Waals surface area contributed by atoms with Crippen LogP contribution in [0.4, 0.5) is 18.9 Å². The van der Waals surface area contributed by atoms with Gasteiger partial charge in [-0.3, -0.25) is 13.9 Å². The molecule has 192 valence electrons. The van der Waals surface area contributed by atoms with E-state index in [9.17, 15) is 31.2 Å². The molecule has 7 nitrogen and oxygen atoms in total. The van der Waals surface area contributed by atoms with E-state index in [4.69, 9.17) is 0 Å². The Balaban J connectivity index is 2.43. The molecule has 0 fully saturated rings. The van der Waals surface area contributed by atoms with Gasteiger partial charge in [0, 0.05) is 19.2 Å². The van der Waals surface area contributed by atoms with Gasteiger partial charge in [-0.05, 0) is 42.2 Å². The first-order valence-electron chi connectivity index (χ1n) is 11.1. The topological polar surface area (TPSA) is 86.8 Å². The van der Waals surface area contributed by atoms with Crippen molar-refractivity contribution < 1.29 is 31.2 Å². The molecule has 0 saturated heterocycles. The van der Waals surface area contributed by atoms with Crippen LogP contribution in [0.2, 0.25) is 0 Å². The molecule has 0 spiro atoms. The highest BCUT2D eigenvalue weighted by molar-refractivity contribution is 7.92. The fourth-order valence-electron chi connectivity index (χ4n) is 3.38. The zero-order valence-electron chi connectivity index (χ0n) is 20.1. The number of nitrogens with one attached hydrogen (secondary N) is 1. The summed E-state index contributed by atoms with van der Waals surface area (Å²) in [5.74, 6) is -3.92. The van der Waals surface area contributed by atoms with Crippen molar-refractivity contribution >= 4 is 27.5 Å². The molecule has 11 heteroatoms. The van der Waals surface area contributed by atoms with Crippen LogP contribution in [0, 0.1) is 23.4 Å². The van der Waals surface area contributed by atoms with E-state index in [0.29, 0.717) is 22.5 Å². The third-order valence-corrected chi connectivity index (χ3v) is 6.35. The maximum Gasteiger partial charge on any atom is 0.244 e. The quantitative estimate of drug-likeness (QED) is 0.499. The van der Waals surface area contributed by atoms with Crippen LogP contribution in [-0.2, 0) is 26.2 Å². The standard InChI is InChI=1S/C24H30F3N3O4S/c1-5-22(24(32)28-13-16(2)3)29(14-17-6-8-18(25)9-7-17)23(31)15-30(35(4,33)34)19-10-11-20(26)21(27)12-19/h6-12,16,22H,5,13-15H2,1-4H3,(H,28,32)/t22-/m1/s1. The van der Waals surface area contributed by atoms with Gasteiger partial charge in [-0.2, -0.15) is 0 Å². The van der Waals surface area contributed by atoms with E-state index in [1.807, 2.05) is 13.8 Å². The first kappa shape index (κ1) is 28.2. The first-order valence-corrected chi connectivity index (χ1v) is 12.9. The van der Waals surface area contributed by atoms with Gasteiger partial charge in [0.2, 0.25) is 21.8 Å². The van der Waals surface area contributed by atoms with Crippen molar-refractivity contribution in [3.05, 3.63) is 65.5 Å². The highest BCUT2D eigenvalue weighted by Crippen LogP contribution is 2.22. The van der Waals surface area contributed by atoms with Crippen LogP contribution >= 0.6 is 0 Å². The molecule has 0 unspecified atom stereocenters. The average molecular weight is 514 g/mol. The fraction of sp³-hybridized carbons (Fsp3) is 0.417. The second-order valence-corrected chi connectivity index (χ2v) is 10.5. The predicted octanol–water partition coefficient (Wildman–Crippen LogP) is 3.45. The molecule has 0 aliphatic carbocycles. The van der Waals surface area contributed by atoms with Crippen molar-refractivity contribution in [3.63, 3.8) is 0 Å². The maximum absolute atomic E-state index is 13.8. The SMILES string of the molecule is CC[C@H](C(=O)NCC(C)C)N(Cc1ccc(F)cc1)C(=O)CN(c1ccc(F)c(F)c1)S(C)(=O)=O. The van der Waals surface area contributed by atoms with E-state index >= 15 is 0 Å². The lowest BCUT2D eigenvalue weighted by atomic mass is 10.1. The van der Waals surface area contributed by atoms with Gasteiger partial charge in [0.25, 0.3) is 0 Å². The fourth-order valence-corrected chi connectivity index (χ4v) is 4.22. The Morgan fingerprint density at radius 1 is 1.00 bits per heavy atom. The first-order chi connectivity index (χ1) is 16.3. The monoisotopic (exact) mass is 513 g/mol. The van der Waals surface area contributed by atoms with Crippen LogP contribution in [0.15, 0.2) is 42.5 Å². The second kappa shape index (κ2) is 12.1. The van der Waals surface area contributed by atoms with Gasteiger partial charge in [-0.25, -0.2) is 21.6 Å². The lowest BCUT2D eigenvalue weighted by Crippen LogP contribution is -2.52. The van der Waals surface area contributed by atoms with Crippen molar-refractivity contribution in [3.8, 4) is 0 Å². The number of halogens is 3. The molecule has 35 heavy (non-hydrogen) atoms. The molecule has 0 saturated carbocycles. The van der Waals surface area contributed by atoms with Gasteiger partial charge >= 0.3 is 0 Å². The van der Waals surface area contributed by atoms with E-state index in [1.54, 1.807) is 6.92 Å². The summed E-state index contributed by atoms with van der Waals surface area (Å²) >= 11 is 0. The molecule has 1 N–H and O–H groups in total. The predicted molar refractivity (Wildman–Crippen MR) is 127 cm³/mol. The van der Waals surface area contributed by atoms with E-state index < -0.39 is 51.9 Å². The van der Waals surface area contributed by atoms with E-state index in [-0.39, 0.29) is 24.6 Å². The molecule has 2 rings (SSSR count). The number of carbonyl (C=O) groups is 2. The second-order valence-electron chi connectivity index (χ2n) is 8.58. The highest BCUT2D eigenvalue weighted by atomic mass is 32.2. The molecule has 0 aliphatic heterocycles. The minimum absolute atomic E-state index is 0.0951. The Morgan fingerprint density at radius 3 is 2.14 bits per heavy atom. The van der Waals surface area contributed by atoms with E-state index in [0.717, 1.165) is 18.4 Å². The van der Waals surface area contributed by atoms with Crippen molar-refractivity contribution in [2.24, 2.45) is 5.92 Å². The summed E-state index contributed by atoms with van der Waals surface area (Å²) in [4.78, 5) is 27.6. The maximum atomic E-state index is 13.8. The molecule has 0 bridgehead atoms. The number of amides is 2. The number of benzene rings is 2. The minimum atomic E-state index is -4.08. The Bertz CT molecular complexity index is 1140. The highest BCUT2D eigenvalue weighted by Gasteiger charge is 2.32. The minimum Gasteiger partial charge on any atom is -0.354 e. The van der Waals surface area contributed by atoms with Crippen molar-refractivity contribution in [1.82, 2.24) is 10.2 Å². The van der Waals surface area contributed by atoms with Crippen LogP contribution in [0.25, 0.3) is 0 Å². The number of carbonyl (C=O) groups excluding carboxylic acids is 2. The average Bonchev–Trinajstić information content (AvgIpc) is 2.78. The number of rotatable bonds is 11. The number of hydrogen-bond donors (Lipinski definition) is 1. The lowest BCUT2D eigenvalue weighted by molar-refractivity contribution is -0.140. The Labute approximate surface area is 204 Å². The molecule has 2 aromatic rings. The third-order valence-electron chi connectivity index (χ3n) is 5.21. The van der Waals surface area contributed by atoms with Crippen molar-refractivity contribution in [2.75, 3.05) is 23.7 Å². The summed E-state index contributed by atoms with van der Waals surface area (Å²) in [5, 5.41) is 2.78. The molecule has 1 atom stereocenters. The third kappa shape index (κ3) is 7.98. The molecule has 0 aromatic heterocycles. The van der Waals surface area contributed by atoms with Gasteiger partial charge in [0.15, 0.2) is 11.6 Å². The summed E-state index contributed by atoms with van der Waals surface area (Å²) in [6.07, 6.45) is 1.05. The Morgan fingerprint density at radius 2 is 1.63 bits per heavy atom. The summed E-state index contributed by atoms with van der Waals surface area (Å²) in [7, 11) is -4.08. The van der Waals surface area contributed by atoms with Gasteiger partial charge < -0.3 is 10.2 Å². The zero-order chi connectivity index (χ0) is 26.3. The van der Waals surface area contributed by atoms with Gasteiger partial charge in [0.05, 0.1) is 11.9 Å². The molecular formula is C24H30F3N3O4S. The summed E-state index contributed by atoms with van der Waals surface area (Å²) in [6, 6.07) is 6.87. The number of sulfonamides is 1. The Hall–Kier alpha value is -3.08. The van der Waals surface area contributed by atoms with E-state index in [1.165, 1.54) is 29.2 Å². The Kier molecular flexibility index (Phi) is 9.70. The lowest BCUT2D eigenvalue weighted by Gasteiger charge is -2.33. The molecule has 0 heterocycles. The molecule has 0 radical (unpaired) electrons. The van der Waals surface area contributed by atoms with Crippen LogP contribution < -0.4 is 9.62 Å². The number of hydrogen-bond acceptors (Lipinski definition) is 4. The number of nitrogens with zero attached hydrogens (tertiary/aromatic N) is 2. The van der Waals surface area contributed by atoms with Gasteiger partial charge in [0.1, 0.15) is 18.4 Å². The van der Waals surface area contributed by atoms with Crippen LogP contribution in [0.5, 0.6) is 0 Å². The summed E-state index contributed by atoms with van der Waals surface area (Å²) in [5.41, 5.74) is 0.285. The summed E-state index contributed by atoms with van der Waals surface area (Å²) < 4.78 is 66.1. The van der Waals surface area contributed by atoms with Gasteiger partial charge in [-0.15, -0.1) is 0 Å². The van der Waals surface area contributed by atoms with Crippen molar-refractivity contribution in [1.29, 1.82) is 0 Å². The molecule has 0 aliphatic rings. The smallest absolute Gasteiger partial charge is 0.244 e. The van der Waals surface area contributed by atoms with Gasteiger partial charge in [-0.1, -0.05) is 32.9 Å². The zero-order valence-corrected chi connectivity index (χ0v) is 20.9. The van der Waals surface area contributed by atoms with Crippen LogP contribution in [0.3, 0.4) is 0 Å².